The van der Waals surface area contributed by atoms with E-state index >= 15 is 0 Å². The highest BCUT2D eigenvalue weighted by Gasteiger charge is 2.55. The van der Waals surface area contributed by atoms with Gasteiger partial charge in [-0.25, -0.2) is 8.78 Å². The number of hydrogen-bond donors (Lipinski definition) is 2. The fourth-order valence-corrected chi connectivity index (χ4v) is 4.97. The number of rotatable bonds is 3. The van der Waals surface area contributed by atoms with Crippen molar-refractivity contribution in [2.75, 3.05) is 30.3 Å². The van der Waals surface area contributed by atoms with Gasteiger partial charge in [-0.1, -0.05) is 30.4 Å². The highest BCUT2D eigenvalue weighted by Crippen LogP contribution is 2.46. The molecule has 2 fully saturated rings. The van der Waals surface area contributed by atoms with E-state index in [-0.39, 0.29) is 17.5 Å². The molecule has 0 radical (unpaired) electrons. The van der Waals surface area contributed by atoms with E-state index in [0.29, 0.717) is 19.7 Å². The van der Waals surface area contributed by atoms with Crippen molar-refractivity contribution in [2.45, 2.75) is 31.5 Å². The predicted molar refractivity (Wildman–Crippen MR) is 119 cm³/mol. The van der Waals surface area contributed by atoms with Gasteiger partial charge < -0.3 is 15.4 Å². The molecule has 2 saturated heterocycles. The maximum absolute atomic E-state index is 14.6. The Hall–Kier alpha value is -2.70. The van der Waals surface area contributed by atoms with Crippen LogP contribution < -0.4 is 10.6 Å². The van der Waals surface area contributed by atoms with E-state index in [1.54, 1.807) is 0 Å². The number of halogens is 2. The average molecular weight is 424 g/mol. The quantitative estimate of drug-likeness (QED) is 0.664. The zero-order valence-electron chi connectivity index (χ0n) is 17.6. The first-order valence-electron chi connectivity index (χ1n) is 10.9. The summed E-state index contributed by atoms with van der Waals surface area (Å²) in [5.74, 6) is -0.841. The van der Waals surface area contributed by atoms with Gasteiger partial charge in [-0.3, -0.25) is 4.90 Å². The van der Waals surface area contributed by atoms with Crippen molar-refractivity contribution >= 4 is 11.4 Å². The molecule has 0 saturated carbocycles. The third-order valence-electron chi connectivity index (χ3n) is 6.60. The molecule has 3 heterocycles. The lowest BCUT2D eigenvalue weighted by Crippen LogP contribution is -2.39. The van der Waals surface area contributed by atoms with Crippen molar-refractivity contribution < 1.29 is 13.5 Å². The van der Waals surface area contributed by atoms with Crippen LogP contribution in [0.25, 0.3) is 0 Å². The molecule has 0 aromatic heterocycles. The number of allylic oxidation sites excluding steroid dienone is 3. The number of nitrogens with zero attached hydrogens (tertiary/aromatic N) is 1. The lowest BCUT2D eigenvalue weighted by atomic mass is 9.91. The molecule has 3 unspecified atom stereocenters. The van der Waals surface area contributed by atoms with Crippen LogP contribution in [0.3, 0.4) is 0 Å². The van der Waals surface area contributed by atoms with Crippen LogP contribution in [0.2, 0.25) is 0 Å². The van der Waals surface area contributed by atoms with Crippen LogP contribution in [0.15, 0.2) is 66.4 Å². The zero-order chi connectivity index (χ0) is 21.4. The number of hydrogen-bond acceptors (Lipinski definition) is 4. The van der Waals surface area contributed by atoms with Gasteiger partial charge in [0.25, 0.3) is 0 Å². The van der Waals surface area contributed by atoms with Crippen molar-refractivity contribution in [2.24, 2.45) is 5.92 Å². The maximum Gasteiger partial charge on any atom is 0.177 e. The summed E-state index contributed by atoms with van der Waals surface area (Å²) in [5, 5.41) is 7.34. The Bertz CT molecular complexity index is 1010. The zero-order valence-corrected chi connectivity index (χ0v) is 17.6. The molecule has 6 heteroatoms. The number of epoxide rings is 1. The van der Waals surface area contributed by atoms with Gasteiger partial charge in [0, 0.05) is 30.7 Å². The molecule has 0 bridgehead atoms. The molecule has 4 nitrogen and oxygen atoms in total. The normalized spacial score (nSPS) is 29.5. The van der Waals surface area contributed by atoms with Gasteiger partial charge in [-0.15, -0.1) is 0 Å². The summed E-state index contributed by atoms with van der Waals surface area (Å²) in [7, 11) is 0. The smallest absolute Gasteiger partial charge is 0.177 e. The summed E-state index contributed by atoms with van der Waals surface area (Å²) in [6.07, 6.45) is 7.90. The van der Waals surface area contributed by atoms with E-state index in [2.05, 4.69) is 39.8 Å². The molecular formula is C25H27F2N3O. The van der Waals surface area contributed by atoms with Gasteiger partial charge in [-0.2, -0.15) is 0 Å². The second kappa shape index (κ2) is 8.09. The molecule has 5 rings (SSSR count). The van der Waals surface area contributed by atoms with Gasteiger partial charge in [0.1, 0.15) is 11.6 Å². The Morgan fingerprint density at radius 2 is 1.74 bits per heavy atom. The van der Waals surface area contributed by atoms with Gasteiger partial charge >= 0.3 is 0 Å². The lowest BCUT2D eigenvalue weighted by molar-refractivity contribution is 0.0717. The molecule has 31 heavy (non-hydrogen) atoms. The Labute approximate surface area is 181 Å². The summed E-state index contributed by atoms with van der Waals surface area (Å²) >= 11 is 0. The standard InChI is InChI=1S/C25H27F2N3O/c1-2-3-9-20-17-12-14-30(25(16-31-25)24-18(26)7-6-8-19(24)27)15-13-21(17)29-23-11-5-4-10-22(23)28-20/h2-11,17,21,28-29H,12-16H2,1H3/b3-2-,20-9-. The molecule has 0 spiro atoms. The Balaban J connectivity index is 1.46. The van der Waals surface area contributed by atoms with Gasteiger partial charge in [0.05, 0.1) is 23.5 Å². The van der Waals surface area contributed by atoms with Crippen molar-refractivity contribution in [1.82, 2.24) is 4.90 Å². The third kappa shape index (κ3) is 3.64. The molecule has 3 aliphatic rings. The molecule has 0 aliphatic carbocycles. The number of nitrogens with one attached hydrogen (secondary N) is 2. The third-order valence-corrected chi connectivity index (χ3v) is 6.60. The van der Waals surface area contributed by atoms with Crippen LogP contribution in [-0.4, -0.2) is 30.6 Å². The first-order valence-corrected chi connectivity index (χ1v) is 10.9. The summed E-state index contributed by atoms with van der Waals surface area (Å²) in [6, 6.07) is 12.4. The Morgan fingerprint density at radius 1 is 1.03 bits per heavy atom. The number of benzene rings is 2. The van der Waals surface area contributed by atoms with Crippen LogP contribution in [0.5, 0.6) is 0 Å². The predicted octanol–water partition coefficient (Wildman–Crippen LogP) is 5.23. The summed E-state index contributed by atoms with van der Waals surface area (Å²) in [6.45, 7) is 3.71. The molecule has 3 aliphatic heterocycles. The summed E-state index contributed by atoms with van der Waals surface area (Å²) in [5.41, 5.74) is 2.35. The molecule has 2 aromatic carbocycles. The molecule has 0 amide bonds. The van der Waals surface area contributed by atoms with Crippen molar-refractivity contribution in [3.8, 4) is 0 Å². The highest BCUT2D eigenvalue weighted by atomic mass is 19.1. The monoisotopic (exact) mass is 423 g/mol. The average Bonchev–Trinajstić information content (AvgIpc) is 3.57. The van der Waals surface area contributed by atoms with Crippen molar-refractivity contribution in [1.29, 1.82) is 0 Å². The van der Waals surface area contributed by atoms with E-state index in [1.165, 1.54) is 18.2 Å². The van der Waals surface area contributed by atoms with Crippen LogP contribution in [0.4, 0.5) is 20.2 Å². The SMILES string of the molecule is C/C=C\C=C1/Nc2ccccc2NC2CCN(C3(c4c(F)cccc4F)CO3)CCC12. The van der Waals surface area contributed by atoms with Crippen LogP contribution in [0.1, 0.15) is 25.3 Å². The van der Waals surface area contributed by atoms with Crippen molar-refractivity contribution in [3.05, 3.63) is 83.6 Å². The second-order valence-electron chi connectivity index (χ2n) is 8.41. The minimum absolute atomic E-state index is 0.0400. The van der Waals surface area contributed by atoms with Crippen LogP contribution >= 0.6 is 0 Å². The van der Waals surface area contributed by atoms with Crippen LogP contribution in [0, 0.1) is 17.6 Å². The minimum Gasteiger partial charge on any atom is -0.380 e. The first-order chi connectivity index (χ1) is 15.1. The van der Waals surface area contributed by atoms with E-state index in [4.69, 9.17) is 4.74 Å². The first kappa shape index (κ1) is 20.2. The van der Waals surface area contributed by atoms with E-state index in [0.717, 1.165) is 29.9 Å². The summed E-state index contributed by atoms with van der Waals surface area (Å²) < 4.78 is 34.9. The second-order valence-corrected chi connectivity index (χ2v) is 8.41. The topological polar surface area (TPSA) is 39.8 Å². The van der Waals surface area contributed by atoms with Crippen molar-refractivity contribution in [3.63, 3.8) is 0 Å². The highest BCUT2D eigenvalue weighted by molar-refractivity contribution is 5.72. The Kier molecular flexibility index (Phi) is 5.28. The molecule has 162 valence electrons. The molecule has 2 N–H and O–H groups in total. The largest absolute Gasteiger partial charge is 0.380 e. The molecular weight excluding hydrogens is 396 g/mol. The van der Waals surface area contributed by atoms with E-state index in [1.807, 2.05) is 25.1 Å². The number of likely N-dealkylation sites (tertiary alicyclic amines) is 1. The Morgan fingerprint density at radius 3 is 2.45 bits per heavy atom. The fraction of sp³-hybridized carbons (Fsp3) is 0.360. The minimum atomic E-state index is -0.989. The van der Waals surface area contributed by atoms with Gasteiger partial charge in [0.2, 0.25) is 0 Å². The maximum atomic E-state index is 14.6. The van der Waals surface area contributed by atoms with E-state index in [9.17, 15) is 8.78 Å². The number of para-hydroxylation sites is 2. The van der Waals surface area contributed by atoms with Gasteiger partial charge in [-0.05, 0) is 50.1 Å². The lowest BCUT2D eigenvalue weighted by Gasteiger charge is -2.28. The van der Waals surface area contributed by atoms with Crippen LogP contribution in [-0.2, 0) is 10.5 Å². The number of ether oxygens (including phenoxy) is 1. The number of fused-ring (bicyclic) bond motifs is 2. The number of anilines is 2. The fourth-order valence-electron chi connectivity index (χ4n) is 4.97. The molecule has 3 atom stereocenters. The molecule has 2 aromatic rings. The summed E-state index contributed by atoms with van der Waals surface area (Å²) in [4.78, 5) is 2.12. The van der Waals surface area contributed by atoms with E-state index < -0.39 is 17.4 Å². The van der Waals surface area contributed by atoms with Gasteiger partial charge in [0.15, 0.2) is 5.72 Å².